The first-order valence-electron chi connectivity index (χ1n) is 7.80. The van der Waals surface area contributed by atoms with Crippen molar-refractivity contribution in [1.82, 2.24) is 4.90 Å². The lowest BCUT2D eigenvalue weighted by Crippen LogP contribution is -2.74. The second-order valence-electron chi connectivity index (χ2n) is 6.00. The van der Waals surface area contributed by atoms with Gasteiger partial charge in [0.2, 0.25) is 5.91 Å². The second kappa shape index (κ2) is 6.95. The largest absolute Gasteiger partial charge is 0.457 e. The number of thioether (sulfide) groups is 1. The molecule has 0 saturated carbocycles. The molecule has 0 radical (unpaired) electrons. The van der Waals surface area contributed by atoms with E-state index >= 15 is 0 Å². The number of nitrogens with zero attached hydrogens (tertiary/aromatic N) is 1. The van der Waals surface area contributed by atoms with Crippen molar-refractivity contribution in [3.63, 3.8) is 0 Å². The van der Waals surface area contributed by atoms with Gasteiger partial charge in [-0.2, -0.15) is 0 Å². The summed E-state index contributed by atoms with van der Waals surface area (Å²) in [7, 11) is 0. The molecule has 3 atom stereocenters. The lowest BCUT2D eigenvalue weighted by molar-refractivity contribution is -0.225. The number of esters is 2. The molecule has 23 heavy (non-hydrogen) atoms. The molecule has 2 fully saturated rings. The average molecular weight is 341 g/mol. The monoisotopic (exact) mass is 341 g/mol. The second-order valence-corrected chi connectivity index (χ2v) is 7.22. The van der Waals surface area contributed by atoms with E-state index < -0.39 is 17.7 Å². The fraction of sp³-hybridized carbons (Fsp3) is 0.688. The van der Waals surface area contributed by atoms with E-state index in [0.717, 1.165) is 5.57 Å². The summed E-state index contributed by atoms with van der Waals surface area (Å²) < 4.78 is 10.7. The Bertz CT molecular complexity index is 543. The van der Waals surface area contributed by atoms with Gasteiger partial charge in [0.15, 0.2) is 0 Å². The standard InChI is InChI=1S/C16H23NO5S/c1-5-12(18)22-16(15(20)21-8-6-10(2)3)7-9-23-14-11(4)13(19)17(14)16/h6,11,14H,5,7-9H2,1-4H3/t11-,14-,16-/m1/s1. The smallest absolute Gasteiger partial charge is 0.373 e. The van der Waals surface area contributed by atoms with Gasteiger partial charge >= 0.3 is 11.9 Å². The van der Waals surface area contributed by atoms with Crippen molar-refractivity contribution in [3.05, 3.63) is 11.6 Å². The van der Waals surface area contributed by atoms with Crippen molar-refractivity contribution < 1.29 is 23.9 Å². The highest BCUT2D eigenvalue weighted by Crippen LogP contribution is 2.47. The molecule has 2 heterocycles. The van der Waals surface area contributed by atoms with Gasteiger partial charge in [0.25, 0.3) is 5.72 Å². The minimum absolute atomic E-state index is 0.0992. The van der Waals surface area contributed by atoms with Crippen LogP contribution in [0.3, 0.4) is 0 Å². The third-order valence-electron chi connectivity index (χ3n) is 4.02. The Balaban J connectivity index is 2.25. The summed E-state index contributed by atoms with van der Waals surface area (Å²) in [5, 5.41) is -0.142. The van der Waals surface area contributed by atoms with Crippen LogP contribution < -0.4 is 0 Å². The predicted molar refractivity (Wildman–Crippen MR) is 86.4 cm³/mol. The molecule has 0 aromatic heterocycles. The zero-order valence-electron chi connectivity index (χ0n) is 14.0. The van der Waals surface area contributed by atoms with Gasteiger partial charge in [0.05, 0.1) is 11.3 Å². The predicted octanol–water partition coefficient (Wildman–Crippen LogP) is 2.09. The maximum Gasteiger partial charge on any atom is 0.373 e. The molecule has 7 heteroatoms. The van der Waals surface area contributed by atoms with Gasteiger partial charge in [0.1, 0.15) is 6.61 Å². The number of β-lactam (4-membered cyclic amide) rings is 1. The summed E-state index contributed by atoms with van der Waals surface area (Å²) in [5.41, 5.74) is -0.592. The molecule has 2 aliphatic rings. The fourth-order valence-electron chi connectivity index (χ4n) is 2.65. The molecule has 2 aliphatic heterocycles. The summed E-state index contributed by atoms with van der Waals surface area (Å²) in [5.74, 6) is -0.895. The summed E-state index contributed by atoms with van der Waals surface area (Å²) in [4.78, 5) is 38.2. The van der Waals surface area contributed by atoms with Crippen LogP contribution >= 0.6 is 11.8 Å². The van der Waals surface area contributed by atoms with Gasteiger partial charge in [-0.15, -0.1) is 11.8 Å². The number of hydrogen-bond donors (Lipinski definition) is 0. The van der Waals surface area contributed by atoms with Crippen molar-refractivity contribution in [2.45, 2.75) is 51.6 Å². The van der Waals surface area contributed by atoms with E-state index in [9.17, 15) is 14.4 Å². The third-order valence-corrected chi connectivity index (χ3v) is 5.42. The number of allylic oxidation sites excluding steroid dienone is 1. The SMILES string of the molecule is CCC(=O)O[C@@]1(C(=O)OCC=C(C)C)CCS[C@@H]2[C@H](C)C(=O)N21. The zero-order valence-corrected chi connectivity index (χ0v) is 14.8. The maximum absolute atomic E-state index is 12.7. The lowest BCUT2D eigenvalue weighted by atomic mass is 9.93. The van der Waals surface area contributed by atoms with E-state index in [1.54, 1.807) is 24.8 Å². The van der Waals surface area contributed by atoms with E-state index in [0.29, 0.717) is 5.75 Å². The summed E-state index contributed by atoms with van der Waals surface area (Å²) in [6, 6.07) is 0. The van der Waals surface area contributed by atoms with Crippen LogP contribution in [0.1, 0.15) is 40.5 Å². The van der Waals surface area contributed by atoms with Crippen LogP contribution in [0.15, 0.2) is 11.6 Å². The molecule has 0 bridgehead atoms. The van der Waals surface area contributed by atoms with E-state index in [2.05, 4.69) is 0 Å². The molecule has 1 amide bonds. The van der Waals surface area contributed by atoms with Crippen LogP contribution in [-0.2, 0) is 23.9 Å². The average Bonchev–Trinajstić information content (AvgIpc) is 2.53. The number of ether oxygens (including phenoxy) is 2. The van der Waals surface area contributed by atoms with E-state index in [1.807, 2.05) is 20.8 Å². The minimum atomic E-state index is -1.61. The molecule has 0 unspecified atom stereocenters. The summed E-state index contributed by atoms with van der Waals surface area (Å²) in [6.45, 7) is 7.37. The van der Waals surface area contributed by atoms with Gasteiger partial charge in [-0.25, -0.2) is 4.79 Å². The van der Waals surface area contributed by atoms with Crippen molar-refractivity contribution in [1.29, 1.82) is 0 Å². The Morgan fingerprint density at radius 1 is 1.43 bits per heavy atom. The molecular weight excluding hydrogens is 318 g/mol. The first kappa shape index (κ1) is 17.8. The first-order chi connectivity index (χ1) is 10.8. The van der Waals surface area contributed by atoms with Gasteiger partial charge < -0.3 is 9.47 Å². The van der Waals surface area contributed by atoms with Crippen LogP contribution in [0.25, 0.3) is 0 Å². The highest BCUT2D eigenvalue weighted by Gasteiger charge is 2.63. The topological polar surface area (TPSA) is 72.9 Å². The van der Waals surface area contributed by atoms with Gasteiger partial charge in [-0.1, -0.05) is 19.4 Å². The summed E-state index contributed by atoms with van der Waals surface area (Å²) in [6.07, 6.45) is 2.16. The Morgan fingerprint density at radius 2 is 2.13 bits per heavy atom. The number of amides is 1. The Kier molecular flexibility index (Phi) is 5.39. The molecule has 128 valence electrons. The lowest BCUT2D eigenvalue weighted by Gasteiger charge is -2.56. The van der Waals surface area contributed by atoms with E-state index in [4.69, 9.17) is 9.47 Å². The molecule has 0 aromatic carbocycles. The van der Waals surface area contributed by atoms with Gasteiger partial charge in [-0.05, 0) is 19.9 Å². The number of fused-ring (bicyclic) bond motifs is 1. The quantitative estimate of drug-likeness (QED) is 0.433. The summed E-state index contributed by atoms with van der Waals surface area (Å²) >= 11 is 1.60. The molecule has 0 aromatic rings. The molecule has 6 nitrogen and oxygen atoms in total. The zero-order chi connectivity index (χ0) is 17.2. The fourth-order valence-corrected chi connectivity index (χ4v) is 4.11. The highest BCUT2D eigenvalue weighted by atomic mass is 32.2. The van der Waals surface area contributed by atoms with Crippen LogP contribution in [0.5, 0.6) is 0 Å². The number of carbonyl (C=O) groups is 3. The molecule has 0 spiro atoms. The number of rotatable bonds is 5. The minimum Gasteiger partial charge on any atom is -0.457 e. The molecular formula is C16H23NO5S. The van der Waals surface area contributed by atoms with Crippen LogP contribution in [0.2, 0.25) is 0 Å². The molecule has 0 aliphatic carbocycles. The highest BCUT2D eigenvalue weighted by molar-refractivity contribution is 8.00. The Morgan fingerprint density at radius 3 is 2.74 bits per heavy atom. The normalized spacial score (nSPS) is 29.2. The molecule has 2 rings (SSSR count). The van der Waals surface area contributed by atoms with Crippen molar-refractivity contribution in [3.8, 4) is 0 Å². The van der Waals surface area contributed by atoms with Crippen LogP contribution in [0.4, 0.5) is 0 Å². The van der Waals surface area contributed by atoms with Crippen molar-refractivity contribution >= 4 is 29.6 Å². The number of carbonyl (C=O) groups excluding carboxylic acids is 3. The molecule has 0 N–H and O–H groups in total. The van der Waals surface area contributed by atoms with Crippen LogP contribution in [-0.4, -0.2) is 46.2 Å². The number of hydrogen-bond acceptors (Lipinski definition) is 6. The molecule has 2 saturated heterocycles. The Hall–Kier alpha value is -1.50. The first-order valence-corrected chi connectivity index (χ1v) is 8.85. The van der Waals surface area contributed by atoms with Crippen molar-refractivity contribution in [2.75, 3.05) is 12.4 Å². The third kappa shape index (κ3) is 3.24. The van der Waals surface area contributed by atoms with E-state index in [1.165, 1.54) is 4.90 Å². The van der Waals surface area contributed by atoms with Gasteiger partial charge in [-0.3, -0.25) is 14.5 Å². The van der Waals surface area contributed by atoms with Gasteiger partial charge in [0, 0.05) is 18.6 Å². The maximum atomic E-state index is 12.7. The van der Waals surface area contributed by atoms with Crippen LogP contribution in [0, 0.1) is 5.92 Å². The van der Waals surface area contributed by atoms with Crippen molar-refractivity contribution in [2.24, 2.45) is 5.92 Å². The Labute approximate surface area is 140 Å². The van der Waals surface area contributed by atoms with E-state index in [-0.39, 0.29) is 36.6 Å².